The fraction of sp³-hybridized carbons (Fsp3) is 0.200. The van der Waals surface area contributed by atoms with E-state index in [9.17, 15) is 10.1 Å². The number of halogens is 2. The Bertz CT molecular complexity index is 702. The summed E-state index contributed by atoms with van der Waals surface area (Å²) in [6.45, 7) is 3.44. The molecule has 110 valence electrons. The molecule has 0 aliphatic heterocycles. The summed E-state index contributed by atoms with van der Waals surface area (Å²) < 4.78 is 5.84. The van der Waals surface area contributed by atoms with Crippen molar-refractivity contribution in [1.29, 1.82) is 0 Å². The molecule has 0 amide bonds. The van der Waals surface area contributed by atoms with Gasteiger partial charge in [-0.1, -0.05) is 11.6 Å². The van der Waals surface area contributed by atoms with Gasteiger partial charge < -0.3 is 4.74 Å². The highest BCUT2D eigenvalue weighted by Gasteiger charge is 2.15. The third-order valence-corrected chi connectivity index (χ3v) is 3.60. The SMILES string of the molecule is Cc1cc([N+](=O)[O-])c(C)cc1Oc1ccc(Cl)cc1CCl. The summed E-state index contributed by atoms with van der Waals surface area (Å²) in [6.07, 6.45) is 0. The van der Waals surface area contributed by atoms with Gasteiger partial charge in [-0.05, 0) is 43.7 Å². The van der Waals surface area contributed by atoms with E-state index in [-0.39, 0.29) is 11.6 Å². The number of hydrogen-bond acceptors (Lipinski definition) is 3. The van der Waals surface area contributed by atoms with E-state index in [1.807, 2.05) is 0 Å². The molecule has 0 saturated heterocycles. The van der Waals surface area contributed by atoms with Crippen molar-refractivity contribution in [1.82, 2.24) is 0 Å². The molecular formula is C15H13Cl2NO3. The first kappa shape index (κ1) is 15.6. The van der Waals surface area contributed by atoms with Crippen LogP contribution in [0, 0.1) is 24.0 Å². The van der Waals surface area contributed by atoms with Crippen molar-refractivity contribution in [3.05, 3.63) is 62.2 Å². The van der Waals surface area contributed by atoms with Crippen molar-refractivity contribution in [3.8, 4) is 11.5 Å². The first-order valence-electron chi connectivity index (χ1n) is 6.20. The lowest BCUT2D eigenvalue weighted by molar-refractivity contribution is -0.385. The molecule has 0 unspecified atom stereocenters. The topological polar surface area (TPSA) is 52.4 Å². The molecule has 2 rings (SSSR count). The summed E-state index contributed by atoms with van der Waals surface area (Å²) in [6, 6.07) is 8.33. The van der Waals surface area contributed by atoms with Crippen LogP contribution in [0.3, 0.4) is 0 Å². The maximum Gasteiger partial charge on any atom is 0.272 e. The van der Waals surface area contributed by atoms with E-state index >= 15 is 0 Å². The van der Waals surface area contributed by atoms with Crippen LogP contribution in [0.15, 0.2) is 30.3 Å². The molecule has 0 aliphatic rings. The number of ether oxygens (including phenoxy) is 1. The minimum absolute atomic E-state index is 0.0773. The van der Waals surface area contributed by atoms with E-state index in [1.54, 1.807) is 38.1 Å². The van der Waals surface area contributed by atoms with Crippen LogP contribution in [-0.2, 0) is 5.88 Å². The molecule has 0 aromatic heterocycles. The molecule has 0 N–H and O–H groups in total. The lowest BCUT2D eigenvalue weighted by atomic mass is 10.1. The minimum Gasteiger partial charge on any atom is -0.457 e. The van der Waals surface area contributed by atoms with Gasteiger partial charge in [0, 0.05) is 22.2 Å². The first-order valence-corrected chi connectivity index (χ1v) is 7.11. The van der Waals surface area contributed by atoms with Crippen LogP contribution >= 0.6 is 23.2 Å². The second-order valence-electron chi connectivity index (χ2n) is 4.65. The van der Waals surface area contributed by atoms with Gasteiger partial charge in [0.15, 0.2) is 0 Å². The van der Waals surface area contributed by atoms with E-state index < -0.39 is 4.92 Å². The number of rotatable bonds is 4. The third-order valence-electron chi connectivity index (χ3n) is 3.08. The highest BCUT2D eigenvalue weighted by atomic mass is 35.5. The molecule has 6 heteroatoms. The van der Waals surface area contributed by atoms with Gasteiger partial charge in [0.1, 0.15) is 11.5 Å². The van der Waals surface area contributed by atoms with Crippen molar-refractivity contribution >= 4 is 28.9 Å². The van der Waals surface area contributed by atoms with Gasteiger partial charge in [-0.3, -0.25) is 10.1 Å². The smallest absolute Gasteiger partial charge is 0.272 e. The predicted octanol–water partition coefficient (Wildman–Crippen LogP) is 5.40. The van der Waals surface area contributed by atoms with Gasteiger partial charge >= 0.3 is 0 Å². The quantitative estimate of drug-likeness (QED) is 0.430. The van der Waals surface area contributed by atoms with Crippen LogP contribution in [0.4, 0.5) is 5.69 Å². The van der Waals surface area contributed by atoms with Crippen LogP contribution in [0.2, 0.25) is 5.02 Å². The Kier molecular flexibility index (Phi) is 4.70. The van der Waals surface area contributed by atoms with Crippen LogP contribution in [-0.4, -0.2) is 4.92 Å². The zero-order chi connectivity index (χ0) is 15.6. The van der Waals surface area contributed by atoms with Crippen LogP contribution < -0.4 is 4.74 Å². The molecule has 0 saturated carbocycles. The normalized spacial score (nSPS) is 10.5. The van der Waals surface area contributed by atoms with Crippen LogP contribution in [0.25, 0.3) is 0 Å². The molecule has 0 radical (unpaired) electrons. The van der Waals surface area contributed by atoms with E-state index in [4.69, 9.17) is 27.9 Å². The number of hydrogen-bond donors (Lipinski definition) is 0. The summed E-state index contributed by atoms with van der Waals surface area (Å²) in [5, 5.41) is 11.5. The minimum atomic E-state index is -0.404. The van der Waals surface area contributed by atoms with Gasteiger partial charge in [0.05, 0.1) is 10.8 Å². The van der Waals surface area contributed by atoms with Gasteiger partial charge in [0.25, 0.3) is 5.69 Å². The van der Waals surface area contributed by atoms with Crippen molar-refractivity contribution in [2.45, 2.75) is 19.7 Å². The fourth-order valence-corrected chi connectivity index (χ4v) is 2.36. The van der Waals surface area contributed by atoms with E-state index in [2.05, 4.69) is 0 Å². The molecule has 0 bridgehead atoms. The zero-order valence-corrected chi connectivity index (χ0v) is 13.0. The summed E-state index contributed by atoms with van der Waals surface area (Å²) in [5.41, 5.74) is 2.07. The molecule has 0 atom stereocenters. The number of aryl methyl sites for hydroxylation is 2. The van der Waals surface area contributed by atoms with Crippen molar-refractivity contribution in [2.24, 2.45) is 0 Å². The molecule has 0 aliphatic carbocycles. The molecular weight excluding hydrogens is 313 g/mol. The van der Waals surface area contributed by atoms with Crippen molar-refractivity contribution < 1.29 is 9.66 Å². The number of benzene rings is 2. The van der Waals surface area contributed by atoms with Gasteiger partial charge in [-0.2, -0.15) is 0 Å². The average Bonchev–Trinajstić information content (AvgIpc) is 2.43. The maximum atomic E-state index is 10.9. The lowest BCUT2D eigenvalue weighted by Crippen LogP contribution is -1.96. The fourth-order valence-electron chi connectivity index (χ4n) is 1.95. The van der Waals surface area contributed by atoms with Gasteiger partial charge in [-0.15, -0.1) is 11.6 Å². The zero-order valence-electron chi connectivity index (χ0n) is 11.5. The number of nitro groups is 1. The number of nitrogens with zero attached hydrogens (tertiary/aromatic N) is 1. The Labute approximate surface area is 132 Å². The molecule has 0 spiro atoms. The van der Waals surface area contributed by atoms with E-state index in [1.165, 1.54) is 6.07 Å². The molecule has 0 fully saturated rings. The van der Waals surface area contributed by atoms with Gasteiger partial charge in [0.2, 0.25) is 0 Å². The summed E-state index contributed by atoms with van der Waals surface area (Å²) in [5.74, 6) is 1.42. The number of alkyl halides is 1. The molecule has 2 aromatic rings. The lowest BCUT2D eigenvalue weighted by Gasteiger charge is -2.13. The predicted molar refractivity (Wildman–Crippen MR) is 83.7 cm³/mol. The Morgan fingerprint density at radius 2 is 1.86 bits per heavy atom. The standard InChI is InChI=1S/C15H13Cl2NO3/c1-9-6-15(10(2)5-13(9)18(19)20)21-14-4-3-12(17)7-11(14)8-16/h3-7H,8H2,1-2H3. The molecule has 21 heavy (non-hydrogen) atoms. The molecule has 0 heterocycles. The summed E-state index contributed by atoms with van der Waals surface area (Å²) in [7, 11) is 0. The molecule has 2 aromatic carbocycles. The van der Waals surface area contributed by atoms with Crippen molar-refractivity contribution in [2.75, 3.05) is 0 Å². The highest BCUT2D eigenvalue weighted by Crippen LogP contribution is 2.34. The van der Waals surface area contributed by atoms with E-state index in [0.717, 1.165) is 5.56 Å². The maximum absolute atomic E-state index is 10.9. The Morgan fingerprint density at radius 3 is 2.48 bits per heavy atom. The summed E-state index contributed by atoms with van der Waals surface area (Å²) >= 11 is 11.8. The van der Waals surface area contributed by atoms with Gasteiger partial charge in [-0.25, -0.2) is 0 Å². The Balaban J connectivity index is 2.41. The first-order chi connectivity index (χ1) is 9.92. The van der Waals surface area contributed by atoms with Crippen molar-refractivity contribution in [3.63, 3.8) is 0 Å². The second kappa shape index (κ2) is 6.33. The highest BCUT2D eigenvalue weighted by molar-refractivity contribution is 6.30. The molecule has 4 nitrogen and oxygen atoms in total. The summed E-state index contributed by atoms with van der Waals surface area (Å²) in [4.78, 5) is 10.5. The largest absolute Gasteiger partial charge is 0.457 e. The monoisotopic (exact) mass is 325 g/mol. The van der Waals surface area contributed by atoms with E-state index in [0.29, 0.717) is 27.6 Å². The third kappa shape index (κ3) is 3.46. The van der Waals surface area contributed by atoms with Crippen LogP contribution in [0.5, 0.6) is 11.5 Å². The average molecular weight is 326 g/mol. The Morgan fingerprint density at radius 1 is 1.14 bits per heavy atom. The van der Waals surface area contributed by atoms with Crippen LogP contribution in [0.1, 0.15) is 16.7 Å². The second-order valence-corrected chi connectivity index (χ2v) is 5.35. The Hall–Kier alpha value is -1.78. The number of nitro benzene ring substituents is 1.